The molecule has 96 valence electrons. The van der Waals surface area contributed by atoms with Gasteiger partial charge in [0.15, 0.2) is 0 Å². The molecule has 0 radical (unpaired) electrons. The van der Waals surface area contributed by atoms with Crippen molar-refractivity contribution < 1.29 is 9.47 Å². The molecule has 4 heteroatoms. The van der Waals surface area contributed by atoms with Crippen molar-refractivity contribution in [2.45, 2.75) is 38.8 Å². The molecule has 1 heterocycles. The molecule has 1 saturated heterocycles. The Morgan fingerprint density at radius 3 is 2.94 bits per heavy atom. The fraction of sp³-hybridized carbons (Fsp3) is 1.00. The van der Waals surface area contributed by atoms with Crippen LogP contribution in [-0.2, 0) is 9.47 Å². The summed E-state index contributed by atoms with van der Waals surface area (Å²) in [6.45, 7) is 11.2. The minimum atomic E-state index is -0.0576. The molecule has 16 heavy (non-hydrogen) atoms. The van der Waals surface area contributed by atoms with E-state index >= 15 is 0 Å². The van der Waals surface area contributed by atoms with Crippen molar-refractivity contribution in [2.75, 3.05) is 39.5 Å². The monoisotopic (exact) mass is 230 g/mol. The Hall–Kier alpha value is -0.160. The first-order valence-electron chi connectivity index (χ1n) is 6.27. The van der Waals surface area contributed by atoms with Crippen LogP contribution >= 0.6 is 0 Å². The van der Waals surface area contributed by atoms with Crippen LogP contribution in [0.4, 0.5) is 0 Å². The molecule has 1 aliphatic rings. The zero-order chi connectivity index (χ0) is 12.0. The van der Waals surface area contributed by atoms with Gasteiger partial charge in [-0.15, -0.1) is 0 Å². The predicted molar refractivity (Wildman–Crippen MR) is 65.6 cm³/mol. The van der Waals surface area contributed by atoms with E-state index in [0.717, 1.165) is 32.7 Å². The molecule has 1 rings (SSSR count). The van der Waals surface area contributed by atoms with Gasteiger partial charge in [-0.2, -0.15) is 0 Å². The summed E-state index contributed by atoms with van der Waals surface area (Å²) < 4.78 is 11.2. The molecule has 0 aliphatic carbocycles. The van der Waals surface area contributed by atoms with Gasteiger partial charge in [0.05, 0.1) is 18.2 Å². The Labute approximate surface area is 99.1 Å². The zero-order valence-corrected chi connectivity index (χ0v) is 10.9. The fourth-order valence-electron chi connectivity index (χ4n) is 2.09. The predicted octanol–water partition coefficient (Wildman–Crippen LogP) is 0.851. The average Bonchev–Trinajstić information content (AvgIpc) is 2.51. The summed E-state index contributed by atoms with van der Waals surface area (Å²) in [5.74, 6) is 0. The maximum absolute atomic E-state index is 5.91. The molecule has 0 bridgehead atoms. The van der Waals surface area contributed by atoms with E-state index in [4.69, 9.17) is 15.2 Å². The molecule has 0 spiro atoms. The second kappa shape index (κ2) is 6.55. The highest BCUT2D eigenvalue weighted by molar-refractivity contribution is 4.89. The van der Waals surface area contributed by atoms with Crippen molar-refractivity contribution in [1.82, 2.24) is 4.90 Å². The van der Waals surface area contributed by atoms with E-state index in [0.29, 0.717) is 13.2 Å². The molecule has 0 saturated carbocycles. The van der Waals surface area contributed by atoms with Crippen LogP contribution in [0.25, 0.3) is 0 Å². The Kier molecular flexibility index (Phi) is 5.69. The molecule has 2 atom stereocenters. The van der Waals surface area contributed by atoms with Gasteiger partial charge in [-0.1, -0.05) is 0 Å². The van der Waals surface area contributed by atoms with E-state index in [1.807, 2.05) is 6.92 Å². The summed E-state index contributed by atoms with van der Waals surface area (Å²) in [5, 5.41) is 0. The molecule has 1 aliphatic heterocycles. The molecule has 0 aromatic rings. The van der Waals surface area contributed by atoms with Crippen molar-refractivity contribution in [3.63, 3.8) is 0 Å². The van der Waals surface area contributed by atoms with E-state index in [1.54, 1.807) is 0 Å². The SMILES string of the molecule is CCOCC(C)(CN)N1CCCOC(C)C1. The smallest absolute Gasteiger partial charge is 0.0674 e. The molecule has 0 aromatic heterocycles. The average molecular weight is 230 g/mol. The van der Waals surface area contributed by atoms with Crippen molar-refractivity contribution in [3.05, 3.63) is 0 Å². The molecule has 0 amide bonds. The van der Waals surface area contributed by atoms with Crippen molar-refractivity contribution in [2.24, 2.45) is 5.73 Å². The van der Waals surface area contributed by atoms with E-state index < -0.39 is 0 Å². The van der Waals surface area contributed by atoms with E-state index in [9.17, 15) is 0 Å². The standard InChI is InChI=1S/C12H26N2O2/c1-4-15-10-12(3,9-13)14-6-5-7-16-11(2)8-14/h11H,4-10,13H2,1-3H3. The largest absolute Gasteiger partial charge is 0.380 e. The zero-order valence-electron chi connectivity index (χ0n) is 10.9. The maximum Gasteiger partial charge on any atom is 0.0674 e. The van der Waals surface area contributed by atoms with Gasteiger partial charge in [-0.05, 0) is 27.2 Å². The first kappa shape index (κ1) is 13.9. The Bertz CT molecular complexity index is 201. The normalized spacial score (nSPS) is 27.4. The second-order valence-corrected chi connectivity index (χ2v) is 4.82. The van der Waals surface area contributed by atoms with Crippen LogP contribution in [-0.4, -0.2) is 56.0 Å². The third kappa shape index (κ3) is 3.70. The number of nitrogens with two attached hydrogens (primary N) is 1. The first-order valence-corrected chi connectivity index (χ1v) is 6.27. The van der Waals surface area contributed by atoms with Gasteiger partial charge in [0.25, 0.3) is 0 Å². The number of nitrogens with zero attached hydrogens (tertiary/aromatic N) is 1. The summed E-state index contributed by atoms with van der Waals surface area (Å²) in [6.07, 6.45) is 1.36. The molecular weight excluding hydrogens is 204 g/mol. The summed E-state index contributed by atoms with van der Waals surface area (Å²) in [4.78, 5) is 2.42. The Morgan fingerprint density at radius 1 is 1.56 bits per heavy atom. The first-order chi connectivity index (χ1) is 7.62. The topological polar surface area (TPSA) is 47.7 Å². The summed E-state index contributed by atoms with van der Waals surface area (Å²) in [6, 6.07) is 0. The van der Waals surface area contributed by atoms with Gasteiger partial charge in [0.2, 0.25) is 0 Å². The summed E-state index contributed by atoms with van der Waals surface area (Å²) in [7, 11) is 0. The summed E-state index contributed by atoms with van der Waals surface area (Å²) in [5.41, 5.74) is 5.86. The maximum atomic E-state index is 5.91. The number of hydrogen-bond acceptors (Lipinski definition) is 4. The van der Waals surface area contributed by atoms with Crippen molar-refractivity contribution >= 4 is 0 Å². The second-order valence-electron chi connectivity index (χ2n) is 4.82. The molecule has 2 N–H and O–H groups in total. The minimum absolute atomic E-state index is 0.0576. The summed E-state index contributed by atoms with van der Waals surface area (Å²) >= 11 is 0. The number of ether oxygens (including phenoxy) is 2. The fourth-order valence-corrected chi connectivity index (χ4v) is 2.09. The van der Waals surface area contributed by atoms with Gasteiger partial charge in [0.1, 0.15) is 0 Å². The van der Waals surface area contributed by atoms with Crippen LogP contribution in [0.5, 0.6) is 0 Å². The van der Waals surface area contributed by atoms with Crippen LogP contribution in [0.1, 0.15) is 27.2 Å². The third-order valence-electron chi connectivity index (χ3n) is 3.27. The molecular formula is C12H26N2O2. The Morgan fingerprint density at radius 2 is 2.31 bits per heavy atom. The molecule has 1 fully saturated rings. The molecule has 4 nitrogen and oxygen atoms in total. The lowest BCUT2D eigenvalue weighted by molar-refractivity contribution is -0.00470. The van der Waals surface area contributed by atoms with Crippen LogP contribution in [0.15, 0.2) is 0 Å². The highest BCUT2D eigenvalue weighted by atomic mass is 16.5. The van der Waals surface area contributed by atoms with Gasteiger partial charge < -0.3 is 15.2 Å². The highest BCUT2D eigenvalue weighted by Crippen LogP contribution is 2.18. The lowest BCUT2D eigenvalue weighted by Gasteiger charge is -2.40. The van der Waals surface area contributed by atoms with Gasteiger partial charge in [0, 0.05) is 32.8 Å². The van der Waals surface area contributed by atoms with Crippen LogP contribution in [0, 0.1) is 0 Å². The van der Waals surface area contributed by atoms with Crippen molar-refractivity contribution in [1.29, 1.82) is 0 Å². The van der Waals surface area contributed by atoms with Crippen molar-refractivity contribution in [3.8, 4) is 0 Å². The molecule has 2 unspecified atom stereocenters. The van der Waals surface area contributed by atoms with Crippen LogP contribution in [0.3, 0.4) is 0 Å². The molecule has 0 aromatic carbocycles. The van der Waals surface area contributed by atoms with E-state index in [2.05, 4.69) is 18.7 Å². The lowest BCUT2D eigenvalue weighted by atomic mass is 10.0. The van der Waals surface area contributed by atoms with E-state index in [1.165, 1.54) is 0 Å². The van der Waals surface area contributed by atoms with E-state index in [-0.39, 0.29) is 11.6 Å². The Balaban J connectivity index is 2.61. The van der Waals surface area contributed by atoms with Crippen LogP contribution in [0.2, 0.25) is 0 Å². The van der Waals surface area contributed by atoms with Gasteiger partial charge in [-0.3, -0.25) is 4.90 Å². The van der Waals surface area contributed by atoms with Gasteiger partial charge in [-0.25, -0.2) is 0 Å². The lowest BCUT2D eigenvalue weighted by Crippen LogP contribution is -2.56. The number of hydrogen-bond donors (Lipinski definition) is 1. The minimum Gasteiger partial charge on any atom is -0.380 e. The third-order valence-corrected chi connectivity index (χ3v) is 3.27. The van der Waals surface area contributed by atoms with Gasteiger partial charge >= 0.3 is 0 Å². The number of rotatable bonds is 5. The quantitative estimate of drug-likeness (QED) is 0.760. The highest BCUT2D eigenvalue weighted by Gasteiger charge is 2.32. The van der Waals surface area contributed by atoms with Crippen LogP contribution < -0.4 is 5.73 Å².